The van der Waals surface area contributed by atoms with Gasteiger partial charge in [-0.05, 0) is 38.1 Å². The molecule has 3 rings (SSSR count). The lowest BCUT2D eigenvalue weighted by atomic mass is 10.1. The van der Waals surface area contributed by atoms with E-state index in [2.05, 4.69) is 0 Å². The number of halogens is 2. The molecule has 0 bridgehead atoms. The zero-order chi connectivity index (χ0) is 20.3. The van der Waals surface area contributed by atoms with Crippen molar-refractivity contribution < 1.29 is 18.4 Å². The molecule has 148 valence electrons. The van der Waals surface area contributed by atoms with Gasteiger partial charge >= 0.3 is 0 Å². The molecule has 1 unspecified atom stereocenters. The number of carbonyl (C=O) groups excluding carboxylic acids is 2. The minimum absolute atomic E-state index is 0.0832. The van der Waals surface area contributed by atoms with Crippen LogP contribution < -0.4 is 0 Å². The highest BCUT2D eigenvalue weighted by atomic mass is 32.2. The summed E-state index contributed by atoms with van der Waals surface area (Å²) in [5.74, 6) is -0.925. The Balaban J connectivity index is 1.76. The van der Waals surface area contributed by atoms with E-state index in [0.29, 0.717) is 5.56 Å². The minimum Gasteiger partial charge on any atom is -0.334 e. The molecule has 0 saturated carbocycles. The Kier molecular flexibility index (Phi) is 6.34. The molecule has 0 N–H and O–H groups in total. The number of benzene rings is 2. The first kappa shape index (κ1) is 20.3. The van der Waals surface area contributed by atoms with Gasteiger partial charge < -0.3 is 9.80 Å². The Morgan fingerprint density at radius 2 is 1.96 bits per heavy atom. The quantitative estimate of drug-likeness (QED) is 0.728. The standard InChI is InChI=1S/C21H22F2N2O2S/c1-14(2)24(20(27)15-6-5-7-16(22)12-15)10-11-25-19(26)13-28-21(25)17-8-3-4-9-18(17)23/h3-9,12,14,21H,10-11,13H2,1-2H3. The monoisotopic (exact) mass is 404 g/mol. The van der Waals surface area contributed by atoms with Crippen molar-refractivity contribution in [2.75, 3.05) is 18.8 Å². The van der Waals surface area contributed by atoms with Crippen LogP contribution in [0, 0.1) is 11.6 Å². The lowest BCUT2D eigenvalue weighted by molar-refractivity contribution is -0.128. The fourth-order valence-electron chi connectivity index (χ4n) is 3.23. The SMILES string of the molecule is CC(C)N(CCN1C(=O)CSC1c1ccccc1F)C(=O)c1cccc(F)c1. The Bertz CT molecular complexity index is 875. The van der Waals surface area contributed by atoms with E-state index in [1.807, 2.05) is 13.8 Å². The smallest absolute Gasteiger partial charge is 0.254 e. The number of thioether (sulfide) groups is 1. The summed E-state index contributed by atoms with van der Waals surface area (Å²) in [6.07, 6.45) is 0. The molecule has 2 aromatic rings. The van der Waals surface area contributed by atoms with Crippen LogP contribution in [0.1, 0.15) is 35.1 Å². The highest BCUT2D eigenvalue weighted by Gasteiger charge is 2.34. The van der Waals surface area contributed by atoms with E-state index in [0.717, 1.165) is 0 Å². The van der Waals surface area contributed by atoms with Crippen molar-refractivity contribution in [3.8, 4) is 0 Å². The Morgan fingerprint density at radius 1 is 1.21 bits per heavy atom. The molecule has 4 nitrogen and oxygen atoms in total. The minimum atomic E-state index is -0.472. The summed E-state index contributed by atoms with van der Waals surface area (Å²) < 4.78 is 27.7. The van der Waals surface area contributed by atoms with Crippen molar-refractivity contribution >= 4 is 23.6 Å². The first-order valence-electron chi connectivity index (χ1n) is 9.10. The maximum atomic E-state index is 14.2. The molecule has 0 aromatic heterocycles. The average Bonchev–Trinajstić information content (AvgIpc) is 3.02. The number of amides is 2. The van der Waals surface area contributed by atoms with Gasteiger partial charge in [-0.15, -0.1) is 11.8 Å². The number of nitrogens with zero attached hydrogens (tertiary/aromatic N) is 2. The molecule has 2 aromatic carbocycles. The van der Waals surface area contributed by atoms with Gasteiger partial charge in [0.05, 0.1) is 5.75 Å². The molecule has 7 heteroatoms. The molecule has 28 heavy (non-hydrogen) atoms. The summed E-state index contributed by atoms with van der Waals surface area (Å²) in [5, 5.41) is -0.410. The Hall–Kier alpha value is -2.41. The summed E-state index contributed by atoms with van der Waals surface area (Å²) in [5.41, 5.74) is 0.729. The van der Waals surface area contributed by atoms with E-state index < -0.39 is 11.2 Å². The van der Waals surface area contributed by atoms with Crippen LogP contribution in [-0.2, 0) is 4.79 Å². The third-order valence-electron chi connectivity index (χ3n) is 4.68. The first-order valence-corrected chi connectivity index (χ1v) is 10.2. The zero-order valence-corrected chi connectivity index (χ0v) is 16.6. The van der Waals surface area contributed by atoms with Crippen molar-refractivity contribution in [3.63, 3.8) is 0 Å². The average molecular weight is 404 g/mol. The summed E-state index contributed by atoms with van der Waals surface area (Å²) in [4.78, 5) is 28.4. The predicted molar refractivity (Wildman–Crippen MR) is 106 cm³/mol. The van der Waals surface area contributed by atoms with Crippen LogP contribution in [0.4, 0.5) is 8.78 Å². The van der Waals surface area contributed by atoms with Crippen molar-refractivity contribution in [2.24, 2.45) is 0 Å². The summed E-state index contributed by atoms with van der Waals surface area (Å²) in [7, 11) is 0. The van der Waals surface area contributed by atoms with Crippen molar-refractivity contribution in [1.29, 1.82) is 0 Å². The van der Waals surface area contributed by atoms with E-state index in [1.165, 1.54) is 36.0 Å². The second-order valence-electron chi connectivity index (χ2n) is 6.87. The van der Waals surface area contributed by atoms with Gasteiger partial charge in [-0.25, -0.2) is 8.78 Å². The van der Waals surface area contributed by atoms with Gasteiger partial charge in [0.25, 0.3) is 5.91 Å². The van der Waals surface area contributed by atoms with Crippen molar-refractivity contribution in [3.05, 3.63) is 71.3 Å². The van der Waals surface area contributed by atoms with E-state index in [9.17, 15) is 18.4 Å². The lowest BCUT2D eigenvalue weighted by Gasteiger charge is -2.31. The van der Waals surface area contributed by atoms with Gasteiger partial charge in [0.1, 0.15) is 17.0 Å². The highest BCUT2D eigenvalue weighted by Crippen LogP contribution is 2.39. The van der Waals surface area contributed by atoms with E-state index in [1.54, 1.807) is 34.1 Å². The summed E-state index contributed by atoms with van der Waals surface area (Å²) in [6, 6.07) is 11.8. The fourth-order valence-corrected chi connectivity index (χ4v) is 4.47. The topological polar surface area (TPSA) is 40.6 Å². The number of hydrogen-bond donors (Lipinski definition) is 0. The third-order valence-corrected chi connectivity index (χ3v) is 5.91. The highest BCUT2D eigenvalue weighted by molar-refractivity contribution is 8.00. The maximum absolute atomic E-state index is 14.2. The number of hydrogen-bond acceptors (Lipinski definition) is 3. The van der Waals surface area contributed by atoms with Crippen LogP contribution in [0.5, 0.6) is 0 Å². The Labute approximate surface area is 167 Å². The zero-order valence-electron chi connectivity index (χ0n) is 15.8. The van der Waals surface area contributed by atoms with E-state index in [4.69, 9.17) is 0 Å². The van der Waals surface area contributed by atoms with Crippen molar-refractivity contribution in [2.45, 2.75) is 25.3 Å². The molecule has 0 radical (unpaired) electrons. The molecule has 1 fully saturated rings. The van der Waals surface area contributed by atoms with E-state index >= 15 is 0 Å². The fraction of sp³-hybridized carbons (Fsp3) is 0.333. The molecule has 0 spiro atoms. The molecule has 1 aliphatic rings. The summed E-state index contributed by atoms with van der Waals surface area (Å²) in [6.45, 7) is 4.30. The van der Waals surface area contributed by atoms with Crippen LogP contribution in [-0.4, -0.2) is 46.5 Å². The largest absolute Gasteiger partial charge is 0.334 e. The first-order chi connectivity index (χ1) is 13.4. The number of carbonyl (C=O) groups is 2. The molecule has 1 heterocycles. The normalized spacial score (nSPS) is 16.7. The van der Waals surface area contributed by atoms with Gasteiger partial charge in [0, 0.05) is 30.3 Å². The van der Waals surface area contributed by atoms with Crippen LogP contribution >= 0.6 is 11.8 Å². The van der Waals surface area contributed by atoms with Crippen LogP contribution in [0.15, 0.2) is 48.5 Å². The van der Waals surface area contributed by atoms with Crippen molar-refractivity contribution in [1.82, 2.24) is 9.80 Å². The predicted octanol–water partition coefficient (Wildman–Crippen LogP) is 4.09. The van der Waals surface area contributed by atoms with Gasteiger partial charge in [0.2, 0.25) is 5.91 Å². The molecular formula is C21H22F2N2O2S. The summed E-state index contributed by atoms with van der Waals surface area (Å²) >= 11 is 1.38. The maximum Gasteiger partial charge on any atom is 0.254 e. The van der Waals surface area contributed by atoms with Crippen LogP contribution in [0.25, 0.3) is 0 Å². The van der Waals surface area contributed by atoms with Crippen LogP contribution in [0.2, 0.25) is 0 Å². The van der Waals surface area contributed by atoms with E-state index in [-0.39, 0.29) is 48.1 Å². The number of rotatable bonds is 6. The lowest BCUT2D eigenvalue weighted by Crippen LogP contribution is -2.43. The molecular weight excluding hydrogens is 382 g/mol. The second kappa shape index (κ2) is 8.73. The molecule has 1 atom stereocenters. The molecule has 1 aliphatic heterocycles. The molecule has 1 saturated heterocycles. The van der Waals surface area contributed by atoms with Crippen LogP contribution in [0.3, 0.4) is 0 Å². The van der Waals surface area contributed by atoms with Gasteiger partial charge in [-0.3, -0.25) is 9.59 Å². The van der Waals surface area contributed by atoms with Gasteiger partial charge in [-0.2, -0.15) is 0 Å². The third kappa shape index (κ3) is 4.35. The second-order valence-corrected chi connectivity index (χ2v) is 7.94. The molecule has 0 aliphatic carbocycles. The van der Waals surface area contributed by atoms with Gasteiger partial charge in [0.15, 0.2) is 0 Å². The van der Waals surface area contributed by atoms with Gasteiger partial charge in [-0.1, -0.05) is 24.3 Å². The molecule has 2 amide bonds. The Morgan fingerprint density at radius 3 is 2.64 bits per heavy atom.